The predicted molar refractivity (Wildman–Crippen MR) is 75.5 cm³/mol. The molecule has 0 radical (unpaired) electrons. The summed E-state index contributed by atoms with van der Waals surface area (Å²) in [5.41, 5.74) is 0.885. The molecule has 2 aromatic rings. The van der Waals surface area contributed by atoms with Crippen LogP contribution in [0.1, 0.15) is 12.5 Å². The molecule has 0 aliphatic heterocycles. The molecule has 0 amide bonds. The number of aryl methyl sites for hydroxylation is 2. The average Bonchev–Trinajstić information content (AvgIpc) is 2.31. The van der Waals surface area contributed by atoms with Gasteiger partial charge in [0, 0.05) is 17.7 Å². The Bertz CT molecular complexity index is 713. The highest BCUT2D eigenvalue weighted by Crippen LogP contribution is 2.38. The molecule has 0 saturated carbocycles. The molecule has 0 N–H and O–H groups in total. The maximum Gasteiger partial charge on any atom is 0.274 e. The van der Waals surface area contributed by atoms with E-state index in [0.29, 0.717) is 5.39 Å². The summed E-state index contributed by atoms with van der Waals surface area (Å²) >= 11 is 0. The molecular formula is C13H17N2O2P. The van der Waals surface area contributed by atoms with Gasteiger partial charge in [0.2, 0.25) is 0 Å². The summed E-state index contributed by atoms with van der Waals surface area (Å²) in [4.78, 5) is 12.0. The number of aromatic nitrogens is 2. The molecule has 4 nitrogen and oxygen atoms in total. The van der Waals surface area contributed by atoms with Crippen LogP contribution in [-0.4, -0.2) is 23.1 Å². The van der Waals surface area contributed by atoms with E-state index in [4.69, 9.17) is 0 Å². The highest BCUT2D eigenvalue weighted by Gasteiger charge is 2.20. The van der Waals surface area contributed by atoms with E-state index in [2.05, 4.69) is 5.10 Å². The van der Waals surface area contributed by atoms with Gasteiger partial charge < -0.3 is 4.57 Å². The fraction of sp³-hybridized carbons (Fsp3) is 0.385. The van der Waals surface area contributed by atoms with Crippen molar-refractivity contribution in [1.82, 2.24) is 9.78 Å². The molecule has 0 aliphatic rings. The van der Waals surface area contributed by atoms with E-state index in [9.17, 15) is 9.36 Å². The molecule has 0 unspecified atom stereocenters. The van der Waals surface area contributed by atoms with E-state index in [-0.39, 0.29) is 5.56 Å². The van der Waals surface area contributed by atoms with Crippen LogP contribution in [0.4, 0.5) is 0 Å². The molecule has 1 aromatic heterocycles. The van der Waals surface area contributed by atoms with Gasteiger partial charge in [0.1, 0.15) is 7.14 Å². The van der Waals surface area contributed by atoms with Gasteiger partial charge in [-0.05, 0) is 31.4 Å². The maximum absolute atomic E-state index is 12.5. The van der Waals surface area contributed by atoms with E-state index in [1.54, 1.807) is 32.6 Å². The number of nitrogens with zero attached hydrogens (tertiary/aromatic N) is 2. The lowest BCUT2D eigenvalue weighted by Gasteiger charge is -2.15. The molecule has 2 rings (SSSR count). The van der Waals surface area contributed by atoms with Gasteiger partial charge >= 0.3 is 0 Å². The summed E-state index contributed by atoms with van der Waals surface area (Å²) < 4.78 is 13.8. The first-order valence-corrected chi connectivity index (χ1v) is 8.49. The Labute approximate surface area is 106 Å². The van der Waals surface area contributed by atoms with Gasteiger partial charge in [0.25, 0.3) is 5.56 Å². The Hall–Kier alpha value is -1.41. The van der Waals surface area contributed by atoms with Gasteiger partial charge in [-0.15, -0.1) is 0 Å². The van der Waals surface area contributed by atoms with Crippen molar-refractivity contribution in [3.05, 3.63) is 34.2 Å². The van der Waals surface area contributed by atoms with E-state index in [0.717, 1.165) is 22.7 Å². The SMILES string of the molecule is CCc1ccc2c(=O)n(C)ncc2c1P(C)(C)=O. The summed E-state index contributed by atoms with van der Waals surface area (Å²) in [6, 6.07) is 3.70. The fourth-order valence-corrected chi connectivity index (χ4v) is 3.95. The van der Waals surface area contributed by atoms with Crippen LogP contribution < -0.4 is 10.9 Å². The van der Waals surface area contributed by atoms with E-state index >= 15 is 0 Å². The van der Waals surface area contributed by atoms with E-state index in [1.165, 1.54) is 4.68 Å². The molecule has 1 heterocycles. The monoisotopic (exact) mass is 264 g/mol. The second kappa shape index (κ2) is 4.36. The zero-order valence-electron chi connectivity index (χ0n) is 11.1. The van der Waals surface area contributed by atoms with Gasteiger partial charge in [-0.1, -0.05) is 13.0 Å². The average molecular weight is 264 g/mol. The van der Waals surface area contributed by atoms with Crippen LogP contribution in [0, 0.1) is 0 Å². The zero-order valence-corrected chi connectivity index (χ0v) is 12.0. The second-order valence-electron chi connectivity index (χ2n) is 4.81. The molecule has 18 heavy (non-hydrogen) atoms. The van der Waals surface area contributed by atoms with Crippen molar-refractivity contribution in [1.29, 1.82) is 0 Å². The number of rotatable bonds is 2. The van der Waals surface area contributed by atoms with Gasteiger partial charge in [-0.2, -0.15) is 5.10 Å². The van der Waals surface area contributed by atoms with Crippen molar-refractivity contribution in [3.63, 3.8) is 0 Å². The summed E-state index contributed by atoms with van der Waals surface area (Å²) in [5.74, 6) is 0. The Kier molecular flexibility index (Phi) is 3.16. The summed E-state index contributed by atoms with van der Waals surface area (Å²) in [6.07, 6.45) is 2.44. The minimum absolute atomic E-state index is 0.148. The lowest BCUT2D eigenvalue weighted by Crippen LogP contribution is -2.22. The third-order valence-electron chi connectivity index (χ3n) is 3.10. The van der Waals surface area contributed by atoms with Crippen LogP contribution in [0.5, 0.6) is 0 Å². The Morgan fingerprint density at radius 2 is 1.94 bits per heavy atom. The van der Waals surface area contributed by atoms with Crippen molar-refractivity contribution in [2.75, 3.05) is 13.3 Å². The quantitative estimate of drug-likeness (QED) is 0.776. The summed E-state index contributed by atoms with van der Waals surface area (Å²) in [6.45, 7) is 5.49. The summed E-state index contributed by atoms with van der Waals surface area (Å²) in [5, 5.41) is 6.15. The van der Waals surface area contributed by atoms with Crippen molar-refractivity contribution in [3.8, 4) is 0 Å². The number of fused-ring (bicyclic) bond motifs is 1. The smallest absolute Gasteiger partial charge is 0.274 e. The molecule has 0 atom stereocenters. The van der Waals surface area contributed by atoms with E-state index in [1.807, 2.05) is 13.0 Å². The van der Waals surface area contributed by atoms with Gasteiger partial charge in [-0.3, -0.25) is 4.79 Å². The molecular weight excluding hydrogens is 247 g/mol. The first-order valence-electron chi connectivity index (χ1n) is 5.89. The maximum atomic E-state index is 12.5. The highest BCUT2D eigenvalue weighted by atomic mass is 31.2. The molecule has 96 valence electrons. The second-order valence-corrected chi connectivity index (χ2v) is 7.96. The van der Waals surface area contributed by atoms with Crippen LogP contribution in [0.15, 0.2) is 23.1 Å². The third kappa shape index (κ3) is 2.01. The van der Waals surface area contributed by atoms with Gasteiger partial charge in [-0.25, -0.2) is 4.68 Å². The van der Waals surface area contributed by atoms with Crippen LogP contribution >= 0.6 is 7.14 Å². The summed E-state index contributed by atoms with van der Waals surface area (Å²) in [7, 11) is -0.823. The Morgan fingerprint density at radius 1 is 1.28 bits per heavy atom. The number of hydrogen-bond donors (Lipinski definition) is 0. The van der Waals surface area contributed by atoms with Crippen molar-refractivity contribution in [2.45, 2.75) is 13.3 Å². The number of benzene rings is 1. The molecule has 0 bridgehead atoms. The molecule has 1 aromatic carbocycles. The lowest BCUT2D eigenvalue weighted by molar-refractivity contribution is 0.588. The van der Waals surface area contributed by atoms with Crippen molar-refractivity contribution in [2.24, 2.45) is 7.05 Å². The van der Waals surface area contributed by atoms with E-state index < -0.39 is 7.14 Å². The minimum atomic E-state index is -2.44. The van der Waals surface area contributed by atoms with Crippen LogP contribution in [-0.2, 0) is 18.0 Å². The lowest BCUT2D eigenvalue weighted by atomic mass is 10.1. The van der Waals surface area contributed by atoms with Crippen molar-refractivity contribution >= 4 is 23.2 Å². The number of hydrogen-bond acceptors (Lipinski definition) is 3. The van der Waals surface area contributed by atoms with Crippen LogP contribution in [0.3, 0.4) is 0 Å². The molecule has 0 fully saturated rings. The standard InChI is InChI=1S/C13H17N2O2P/c1-5-9-6-7-10-11(12(9)18(3,4)17)8-14-15(2)13(10)16/h6-8H,5H2,1-4H3. The topological polar surface area (TPSA) is 52.0 Å². The molecule has 0 spiro atoms. The Balaban J connectivity index is 3.01. The largest absolute Gasteiger partial charge is 0.319 e. The van der Waals surface area contributed by atoms with Crippen LogP contribution in [0.25, 0.3) is 10.8 Å². The Morgan fingerprint density at radius 3 is 2.50 bits per heavy atom. The third-order valence-corrected chi connectivity index (χ3v) is 4.71. The highest BCUT2D eigenvalue weighted by molar-refractivity contribution is 7.70. The molecule has 5 heteroatoms. The first kappa shape index (κ1) is 13.0. The normalized spacial score (nSPS) is 12.0. The first-order chi connectivity index (χ1) is 8.36. The van der Waals surface area contributed by atoms with Crippen LogP contribution in [0.2, 0.25) is 0 Å². The molecule has 0 aliphatic carbocycles. The fourth-order valence-electron chi connectivity index (χ4n) is 2.26. The van der Waals surface area contributed by atoms with Crippen molar-refractivity contribution < 1.29 is 4.57 Å². The minimum Gasteiger partial charge on any atom is -0.319 e. The molecule has 0 saturated heterocycles. The van der Waals surface area contributed by atoms with Gasteiger partial charge in [0.15, 0.2) is 0 Å². The van der Waals surface area contributed by atoms with Gasteiger partial charge in [0.05, 0.1) is 11.6 Å². The zero-order chi connectivity index (χ0) is 13.5. The predicted octanol–water partition coefficient (Wildman–Crippen LogP) is 1.74.